The highest BCUT2D eigenvalue weighted by molar-refractivity contribution is 7.77. The van der Waals surface area contributed by atoms with Crippen LogP contribution in [0.25, 0.3) is 0 Å². The van der Waals surface area contributed by atoms with Gasteiger partial charge >= 0.3 is 0 Å². The van der Waals surface area contributed by atoms with Crippen LogP contribution in [0.15, 0.2) is 146 Å². The van der Waals surface area contributed by atoms with Gasteiger partial charge in [-0.15, -0.1) is 0 Å². The Morgan fingerprint density at radius 3 is 0.833 bits per heavy atom. The van der Waals surface area contributed by atoms with E-state index >= 15 is 0 Å². The van der Waals surface area contributed by atoms with E-state index in [2.05, 4.69) is 157 Å². The third kappa shape index (κ3) is 6.01. The lowest BCUT2D eigenvalue weighted by atomic mass is 10.1. The van der Waals surface area contributed by atoms with E-state index < -0.39 is 15.8 Å². The molecular weight excluding hydrogens is 470 g/mol. The predicted octanol–water partition coefficient (Wildman–Crippen LogP) is 6.57. The Morgan fingerprint density at radius 1 is 0.306 bits per heavy atom. The van der Waals surface area contributed by atoms with E-state index in [1.54, 1.807) is 0 Å². The molecule has 0 fully saturated rings. The summed E-state index contributed by atoms with van der Waals surface area (Å²) in [6, 6.07) is 50.5. The molecule has 5 aromatic rings. The first kappa shape index (κ1) is 23.8. The van der Waals surface area contributed by atoms with Crippen molar-refractivity contribution in [1.82, 2.24) is 0 Å². The molecule has 0 bridgehead atoms. The molecule has 5 aromatic carbocycles. The summed E-state index contributed by atoms with van der Waals surface area (Å²) >= 11 is 0. The molecule has 36 heavy (non-hydrogen) atoms. The van der Waals surface area contributed by atoms with Gasteiger partial charge in [-0.05, 0) is 33.4 Å². The second-order valence-corrected chi connectivity index (χ2v) is 11.9. The van der Waals surface area contributed by atoms with E-state index in [4.69, 9.17) is 0 Å². The average molecular weight is 495 g/mol. The third-order valence-electron chi connectivity index (χ3n) is 5.59. The lowest BCUT2D eigenvalue weighted by Crippen LogP contribution is -2.09. The maximum Gasteiger partial charge on any atom is 0.0405 e. The Hall–Kier alpha value is -3.92. The molecular formula is C34H24P2. The van der Waals surface area contributed by atoms with Crippen molar-refractivity contribution in [3.63, 3.8) is 0 Å². The van der Waals surface area contributed by atoms with Gasteiger partial charge in [-0.3, -0.25) is 0 Å². The molecule has 0 nitrogen and oxygen atoms in total. The van der Waals surface area contributed by atoms with Crippen LogP contribution in [0.2, 0.25) is 0 Å². The van der Waals surface area contributed by atoms with Gasteiger partial charge in [0, 0.05) is 27.0 Å². The first-order valence-corrected chi connectivity index (χ1v) is 14.5. The van der Waals surface area contributed by atoms with Gasteiger partial charge in [0.2, 0.25) is 0 Å². The van der Waals surface area contributed by atoms with Gasteiger partial charge in [-0.1, -0.05) is 157 Å². The van der Waals surface area contributed by atoms with Gasteiger partial charge in [-0.25, -0.2) is 0 Å². The van der Waals surface area contributed by atoms with Gasteiger partial charge in [0.1, 0.15) is 0 Å². The van der Waals surface area contributed by atoms with Gasteiger partial charge in [0.05, 0.1) is 0 Å². The first-order chi connectivity index (χ1) is 17.9. The third-order valence-corrected chi connectivity index (χ3v) is 9.52. The fraction of sp³-hybridized carbons (Fsp3) is 0. The van der Waals surface area contributed by atoms with Gasteiger partial charge in [0.15, 0.2) is 0 Å². The molecule has 0 aliphatic heterocycles. The van der Waals surface area contributed by atoms with Crippen molar-refractivity contribution in [3.8, 4) is 23.2 Å². The van der Waals surface area contributed by atoms with Crippen molar-refractivity contribution in [2.45, 2.75) is 0 Å². The van der Waals surface area contributed by atoms with E-state index in [-0.39, 0.29) is 0 Å². The van der Waals surface area contributed by atoms with Crippen molar-refractivity contribution in [2.75, 3.05) is 0 Å². The maximum absolute atomic E-state index is 3.61. The number of benzene rings is 5. The van der Waals surface area contributed by atoms with Crippen molar-refractivity contribution >= 4 is 37.1 Å². The molecule has 0 N–H and O–H groups in total. The van der Waals surface area contributed by atoms with Gasteiger partial charge in [-0.2, -0.15) is 0 Å². The molecule has 0 aliphatic carbocycles. The summed E-state index contributed by atoms with van der Waals surface area (Å²) in [7, 11) is -1.57. The normalized spacial score (nSPS) is 10.3. The Labute approximate surface area is 216 Å². The zero-order valence-corrected chi connectivity index (χ0v) is 21.5. The first-order valence-electron chi connectivity index (χ1n) is 11.8. The molecule has 0 amide bonds. The van der Waals surface area contributed by atoms with E-state index in [0.29, 0.717) is 0 Å². The molecule has 2 heteroatoms. The quantitative estimate of drug-likeness (QED) is 0.196. The smallest absolute Gasteiger partial charge is 0.0405 e. The molecule has 0 unspecified atom stereocenters. The summed E-state index contributed by atoms with van der Waals surface area (Å²) in [6.45, 7) is 0. The van der Waals surface area contributed by atoms with Crippen LogP contribution in [-0.4, -0.2) is 0 Å². The number of rotatable bonds is 4. The van der Waals surface area contributed by atoms with Crippen molar-refractivity contribution in [3.05, 3.63) is 157 Å². The van der Waals surface area contributed by atoms with Crippen LogP contribution in [0.1, 0.15) is 11.1 Å². The summed E-state index contributed by atoms with van der Waals surface area (Å²) in [5.74, 6) is 6.99. The van der Waals surface area contributed by atoms with Crippen LogP contribution in [0, 0.1) is 23.2 Å². The van der Waals surface area contributed by atoms with E-state index in [1.165, 1.54) is 21.2 Å². The lowest BCUT2D eigenvalue weighted by molar-refractivity contribution is 1.59. The summed E-state index contributed by atoms with van der Waals surface area (Å²) in [5, 5.41) is 5.02. The van der Waals surface area contributed by atoms with E-state index in [0.717, 1.165) is 11.1 Å². The summed E-state index contributed by atoms with van der Waals surface area (Å²) in [4.78, 5) is 0. The molecule has 0 radical (unpaired) electrons. The topological polar surface area (TPSA) is 0 Å². The molecule has 170 valence electrons. The predicted molar refractivity (Wildman–Crippen MR) is 158 cm³/mol. The fourth-order valence-electron chi connectivity index (χ4n) is 3.80. The van der Waals surface area contributed by atoms with Crippen LogP contribution in [-0.2, 0) is 0 Å². The minimum absolute atomic E-state index is 0.786. The standard InChI is InChI=1S/C34H24P2/c1-5-17-31(18-6-1)35(32-19-7-2-8-20-32)27-25-29-15-13-14-16-30(29)26-28-36(33-21-9-3-10-22-33)34-23-11-4-12-24-34/h1-24H. The van der Waals surface area contributed by atoms with Crippen LogP contribution in [0.3, 0.4) is 0 Å². The van der Waals surface area contributed by atoms with Crippen molar-refractivity contribution in [1.29, 1.82) is 0 Å². The monoisotopic (exact) mass is 494 g/mol. The zero-order valence-electron chi connectivity index (χ0n) is 19.8. The highest BCUT2D eigenvalue weighted by Crippen LogP contribution is 2.33. The number of hydrogen-bond donors (Lipinski definition) is 0. The van der Waals surface area contributed by atoms with E-state index in [9.17, 15) is 0 Å². The molecule has 0 saturated heterocycles. The minimum Gasteiger partial charge on any atom is -0.0622 e. The van der Waals surface area contributed by atoms with Crippen LogP contribution >= 0.6 is 15.8 Å². The molecule has 0 saturated carbocycles. The SMILES string of the molecule is C(#CP(c1ccccc1)c1ccccc1)c1ccccc1C#CP(c1ccccc1)c1ccccc1. The highest BCUT2D eigenvalue weighted by Gasteiger charge is 2.12. The molecule has 5 rings (SSSR count). The van der Waals surface area contributed by atoms with Crippen LogP contribution in [0.4, 0.5) is 0 Å². The Balaban J connectivity index is 1.53. The summed E-state index contributed by atoms with van der Waals surface area (Å²) < 4.78 is 0. The van der Waals surface area contributed by atoms with Crippen molar-refractivity contribution < 1.29 is 0 Å². The van der Waals surface area contributed by atoms with Crippen LogP contribution in [0.5, 0.6) is 0 Å². The minimum atomic E-state index is -0.786. The van der Waals surface area contributed by atoms with Crippen molar-refractivity contribution in [2.24, 2.45) is 0 Å². The van der Waals surface area contributed by atoms with Gasteiger partial charge < -0.3 is 0 Å². The highest BCUT2D eigenvalue weighted by atomic mass is 31.1. The fourth-order valence-corrected chi connectivity index (χ4v) is 7.26. The van der Waals surface area contributed by atoms with E-state index in [1.807, 2.05) is 12.1 Å². The molecule has 0 atom stereocenters. The Bertz CT molecular complexity index is 1320. The zero-order chi connectivity index (χ0) is 24.4. The second-order valence-electron chi connectivity index (χ2n) is 8.03. The average Bonchev–Trinajstić information content (AvgIpc) is 2.96. The molecule has 0 aromatic heterocycles. The summed E-state index contributed by atoms with van der Waals surface area (Å²) in [5.41, 5.74) is 9.17. The molecule has 0 aliphatic rings. The number of hydrogen-bond acceptors (Lipinski definition) is 0. The summed E-state index contributed by atoms with van der Waals surface area (Å²) in [6.07, 6.45) is 0. The Morgan fingerprint density at radius 2 is 0.556 bits per heavy atom. The lowest BCUT2D eigenvalue weighted by Gasteiger charge is -2.12. The molecule has 0 spiro atoms. The van der Waals surface area contributed by atoms with Gasteiger partial charge in [0.25, 0.3) is 0 Å². The largest absolute Gasteiger partial charge is 0.0622 e. The maximum atomic E-state index is 3.61. The molecule has 0 heterocycles. The Kier molecular flexibility index (Phi) is 8.04. The second kappa shape index (κ2) is 12.2. The van der Waals surface area contributed by atoms with Crippen LogP contribution < -0.4 is 21.2 Å².